The Balaban J connectivity index is 1.54. The highest BCUT2D eigenvalue weighted by molar-refractivity contribution is 7.17. The maximum Gasteiger partial charge on any atom is 0.0809 e. The predicted molar refractivity (Wildman–Crippen MR) is 86.6 cm³/mol. The Hall–Kier alpha value is -0.970. The summed E-state index contributed by atoms with van der Waals surface area (Å²) in [6.45, 7) is 7.82. The lowest BCUT2D eigenvalue weighted by molar-refractivity contribution is -0.115. The van der Waals surface area contributed by atoms with Crippen LogP contribution in [-0.2, 0) is 4.74 Å². The minimum absolute atomic E-state index is 0.232. The van der Waals surface area contributed by atoms with Crippen molar-refractivity contribution in [3.63, 3.8) is 0 Å². The summed E-state index contributed by atoms with van der Waals surface area (Å²) in [5.74, 6) is 0.681. The minimum Gasteiger partial charge on any atom is -0.377 e. The molecule has 1 aliphatic heterocycles. The maximum atomic E-state index is 5.88. The molecule has 3 heterocycles. The number of nitrogens with zero attached hydrogens (tertiary/aromatic N) is 1. The molecule has 0 unspecified atom stereocenters. The second-order valence-electron chi connectivity index (χ2n) is 7.00. The van der Waals surface area contributed by atoms with E-state index >= 15 is 0 Å². The lowest BCUT2D eigenvalue weighted by Crippen LogP contribution is -2.66. The fourth-order valence-electron chi connectivity index (χ4n) is 4.13. The smallest absolute Gasteiger partial charge is 0.0809 e. The molecular weight excluding hydrogens is 280 g/mol. The molecule has 4 atom stereocenters. The third kappa shape index (κ3) is 2.04. The van der Waals surface area contributed by atoms with Crippen molar-refractivity contribution in [1.82, 2.24) is 10.3 Å². The number of hydrogen-bond donors (Lipinski definition) is 1. The molecule has 4 heteroatoms. The zero-order valence-corrected chi connectivity index (χ0v) is 13.6. The lowest BCUT2D eigenvalue weighted by Gasteiger charge is -2.55. The van der Waals surface area contributed by atoms with Crippen LogP contribution in [-0.4, -0.2) is 23.7 Å². The van der Waals surface area contributed by atoms with E-state index in [4.69, 9.17) is 4.74 Å². The number of nitrogens with one attached hydrogen (secondary N) is 1. The first-order valence-corrected chi connectivity index (χ1v) is 8.66. The van der Waals surface area contributed by atoms with Gasteiger partial charge in [0.05, 0.1) is 16.3 Å². The maximum absolute atomic E-state index is 5.88. The van der Waals surface area contributed by atoms with E-state index in [-0.39, 0.29) is 5.41 Å². The molecule has 2 aromatic rings. The van der Waals surface area contributed by atoms with Crippen molar-refractivity contribution in [3.8, 4) is 0 Å². The number of rotatable bonds is 3. The molecule has 1 saturated heterocycles. The third-order valence-electron chi connectivity index (χ3n) is 5.35. The molecule has 21 heavy (non-hydrogen) atoms. The van der Waals surface area contributed by atoms with Crippen LogP contribution in [0.1, 0.15) is 38.8 Å². The average Bonchev–Trinajstić information content (AvgIpc) is 3.11. The van der Waals surface area contributed by atoms with Crippen molar-refractivity contribution >= 4 is 21.6 Å². The summed E-state index contributed by atoms with van der Waals surface area (Å²) in [6.07, 6.45) is 3.65. The van der Waals surface area contributed by atoms with Crippen LogP contribution in [0.5, 0.6) is 0 Å². The molecule has 0 radical (unpaired) electrons. The van der Waals surface area contributed by atoms with Crippen molar-refractivity contribution in [2.45, 2.75) is 45.4 Å². The van der Waals surface area contributed by atoms with Gasteiger partial charge in [0.25, 0.3) is 0 Å². The van der Waals surface area contributed by atoms with Crippen molar-refractivity contribution < 1.29 is 4.74 Å². The zero-order chi connectivity index (χ0) is 14.6. The van der Waals surface area contributed by atoms with Gasteiger partial charge in [0, 0.05) is 36.2 Å². The van der Waals surface area contributed by atoms with E-state index in [1.54, 1.807) is 11.3 Å². The number of fused-ring (bicyclic) bond motifs is 2. The first-order chi connectivity index (χ1) is 10.1. The number of aromatic nitrogens is 1. The zero-order valence-electron chi connectivity index (χ0n) is 12.8. The standard InChI is InChI=1S/C17H22N2OS/c1-10(11-8-14-13(18-9-11)5-7-21-14)19-15-12-4-6-20-16(12)17(15,2)3/h5,7-10,12,15-16,19H,4,6H2,1-3H3/t10-,12+,15+,16+/m0/s1. The van der Waals surface area contributed by atoms with E-state index in [2.05, 4.69) is 48.6 Å². The highest BCUT2D eigenvalue weighted by atomic mass is 32.1. The Labute approximate surface area is 129 Å². The van der Waals surface area contributed by atoms with Gasteiger partial charge in [-0.05, 0) is 36.4 Å². The molecular formula is C17H22N2OS. The van der Waals surface area contributed by atoms with Crippen LogP contribution in [0.15, 0.2) is 23.7 Å². The highest BCUT2D eigenvalue weighted by Gasteiger charge is 2.59. The first kappa shape index (κ1) is 13.7. The molecule has 2 fully saturated rings. The number of pyridine rings is 1. The Morgan fingerprint density at radius 3 is 3.19 bits per heavy atom. The Bertz CT molecular complexity index is 666. The first-order valence-electron chi connectivity index (χ1n) is 7.78. The van der Waals surface area contributed by atoms with Gasteiger partial charge in [-0.2, -0.15) is 0 Å². The van der Waals surface area contributed by atoms with Crippen LogP contribution >= 0.6 is 11.3 Å². The van der Waals surface area contributed by atoms with Crippen LogP contribution in [0, 0.1) is 11.3 Å². The van der Waals surface area contributed by atoms with Crippen molar-refractivity contribution in [2.24, 2.45) is 11.3 Å². The lowest BCUT2D eigenvalue weighted by atomic mass is 9.57. The average molecular weight is 302 g/mol. The monoisotopic (exact) mass is 302 g/mol. The van der Waals surface area contributed by atoms with E-state index in [9.17, 15) is 0 Å². The molecule has 1 aliphatic carbocycles. The summed E-state index contributed by atoms with van der Waals surface area (Å²) in [5, 5.41) is 5.94. The van der Waals surface area contributed by atoms with E-state index < -0.39 is 0 Å². The van der Waals surface area contributed by atoms with Gasteiger partial charge in [-0.3, -0.25) is 4.98 Å². The fourth-order valence-corrected chi connectivity index (χ4v) is 4.92. The van der Waals surface area contributed by atoms with Crippen molar-refractivity contribution in [1.29, 1.82) is 0 Å². The van der Waals surface area contributed by atoms with Gasteiger partial charge in [-0.15, -0.1) is 11.3 Å². The van der Waals surface area contributed by atoms with Gasteiger partial charge in [-0.1, -0.05) is 13.8 Å². The van der Waals surface area contributed by atoms with Crippen LogP contribution < -0.4 is 5.32 Å². The van der Waals surface area contributed by atoms with Crippen molar-refractivity contribution in [2.75, 3.05) is 6.61 Å². The molecule has 0 spiro atoms. The summed E-state index contributed by atoms with van der Waals surface area (Å²) in [4.78, 5) is 4.56. The number of ether oxygens (including phenoxy) is 1. The molecule has 4 rings (SSSR count). The van der Waals surface area contributed by atoms with E-state index in [1.807, 2.05) is 6.20 Å². The summed E-state index contributed by atoms with van der Waals surface area (Å²) < 4.78 is 7.16. The van der Waals surface area contributed by atoms with Gasteiger partial charge < -0.3 is 10.1 Å². The SMILES string of the molecule is C[C@H](N[C@@H]1[C@H]2CCO[C@H]2C1(C)C)c1cnc2ccsc2c1. The van der Waals surface area contributed by atoms with Gasteiger partial charge in [-0.25, -0.2) is 0 Å². The van der Waals surface area contributed by atoms with E-state index in [0.717, 1.165) is 12.1 Å². The topological polar surface area (TPSA) is 34.1 Å². The molecule has 0 amide bonds. The molecule has 2 aliphatic rings. The van der Waals surface area contributed by atoms with Crippen LogP contribution in [0.25, 0.3) is 10.2 Å². The van der Waals surface area contributed by atoms with Gasteiger partial charge in [0.2, 0.25) is 0 Å². The van der Waals surface area contributed by atoms with Gasteiger partial charge >= 0.3 is 0 Å². The van der Waals surface area contributed by atoms with Crippen LogP contribution in [0.4, 0.5) is 0 Å². The summed E-state index contributed by atoms with van der Waals surface area (Å²) >= 11 is 1.76. The summed E-state index contributed by atoms with van der Waals surface area (Å²) in [6, 6.07) is 5.23. The van der Waals surface area contributed by atoms with E-state index in [1.165, 1.54) is 16.7 Å². The Morgan fingerprint density at radius 2 is 2.33 bits per heavy atom. The molecule has 0 bridgehead atoms. The summed E-state index contributed by atoms with van der Waals surface area (Å²) in [5.41, 5.74) is 2.61. The fraction of sp³-hybridized carbons (Fsp3) is 0.588. The van der Waals surface area contributed by atoms with E-state index in [0.29, 0.717) is 24.1 Å². The van der Waals surface area contributed by atoms with Gasteiger partial charge in [0.1, 0.15) is 0 Å². The van der Waals surface area contributed by atoms with Gasteiger partial charge in [0.15, 0.2) is 0 Å². The predicted octanol–water partition coefficient (Wildman–Crippen LogP) is 3.76. The molecule has 1 N–H and O–H groups in total. The highest BCUT2D eigenvalue weighted by Crippen LogP contribution is 2.52. The molecule has 2 aromatic heterocycles. The molecule has 3 nitrogen and oxygen atoms in total. The Morgan fingerprint density at radius 1 is 1.48 bits per heavy atom. The summed E-state index contributed by atoms with van der Waals surface area (Å²) in [7, 11) is 0. The van der Waals surface area contributed by atoms with Crippen LogP contribution in [0.3, 0.4) is 0 Å². The largest absolute Gasteiger partial charge is 0.377 e. The normalized spacial score (nSPS) is 31.9. The van der Waals surface area contributed by atoms with Crippen molar-refractivity contribution in [3.05, 3.63) is 29.3 Å². The second-order valence-corrected chi connectivity index (χ2v) is 7.95. The van der Waals surface area contributed by atoms with Crippen LogP contribution in [0.2, 0.25) is 0 Å². The number of thiophene rings is 1. The second kappa shape index (κ2) is 4.77. The Kier molecular flexibility index (Phi) is 3.10. The molecule has 0 aromatic carbocycles. The molecule has 1 saturated carbocycles. The quantitative estimate of drug-likeness (QED) is 0.937. The molecule has 112 valence electrons. The minimum atomic E-state index is 0.232. The third-order valence-corrected chi connectivity index (χ3v) is 6.21. The number of hydrogen-bond acceptors (Lipinski definition) is 4.